The summed E-state index contributed by atoms with van der Waals surface area (Å²) in [6.07, 6.45) is 2.73. The lowest BCUT2D eigenvalue weighted by atomic mass is 10.2. The van der Waals surface area contributed by atoms with Crippen LogP contribution in [0.5, 0.6) is 5.75 Å². The maximum Gasteiger partial charge on any atom is 0.274 e. The molecule has 0 radical (unpaired) electrons. The minimum Gasteiger partial charge on any atom is -0.485 e. The van der Waals surface area contributed by atoms with E-state index in [0.29, 0.717) is 22.7 Å². The van der Waals surface area contributed by atoms with Gasteiger partial charge in [-0.2, -0.15) is 0 Å². The van der Waals surface area contributed by atoms with Gasteiger partial charge in [0.25, 0.3) is 5.91 Å². The van der Waals surface area contributed by atoms with Crippen LogP contribution in [0.25, 0.3) is 5.65 Å². The molecule has 0 aliphatic carbocycles. The molecule has 4 rings (SSSR count). The van der Waals surface area contributed by atoms with E-state index in [1.807, 2.05) is 0 Å². The van der Waals surface area contributed by atoms with Gasteiger partial charge in [0.15, 0.2) is 11.4 Å². The van der Waals surface area contributed by atoms with Gasteiger partial charge in [0.05, 0.1) is 23.2 Å². The SMILES string of the molecule is Cc1cc(OCc2c(F)cccc2F)c2nc(C)c(C(=O)Nc3cccc(NS(C)(=O)=O)c3)n2c1. The molecule has 4 aromatic rings. The second-order valence-electron chi connectivity index (χ2n) is 8.02. The van der Waals surface area contributed by atoms with Crippen LogP contribution >= 0.6 is 0 Å². The standard InChI is InChI=1S/C24H22F2N4O4S/c1-14-10-21(34-13-18-19(25)8-5-9-20(18)26)23-27-15(2)22(30(23)12-14)24(31)28-16-6-4-7-17(11-16)29-35(3,32)33/h4-12,29H,13H2,1-3H3,(H,28,31). The first kappa shape index (κ1) is 24.1. The Morgan fingerprint density at radius 3 is 2.40 bits per heavy atom. The van der Waals surface area contributed by atoms with E-state index >= 15 is 0 Å². The molecule has 11 heteroatoms. The Bertz CT molecular complexity index is 1530. The molecule has 0 atom stereocenters. The number of imidazole rings is 1. The summed E-state index contributed by atoms with van der Waals surface area (Å²) in [5.41, 5.74) is 2.13. The number of benzene rings is 2. The first-order valence-electron chi connectivity index (χ1n) is 10.5. The number of fused-ring (bicyclic) bond motifs is 1. The van der Waals surface area contributed by atoms with Crippen molar-refractivity contribution in [1.29, 1.82) is 0 Å². The number of carbonyl (C=O) groups excluding carboxylic acids is 1. The smallest absolute Gasteiger partial charge is 0.274 e. The third-order valence-corrected chi connectivity index (χ3v) is 5.68. The van der Waals surface area contributed by atoms with Crippen LogP contribution in [0.2, 0.25) is 0 Å². The number of pyridine rings is 1. The van der Waals surface area contributed by atoms with Crippen LogP contribution in [-0.2, 0) is 16.6 Å². The number of hydrogen-bond donors (Lipinski definition) is 2. The zero-order chi connectivity index (χ0) is 25.3. The Kier molecular flexibility index (Phi) is 6.44. The number of rotatable bonds is 7. The number of amides is 1. The molecule has 8 nitrogen and oxygen atoms in total. The van der Waals surface area contributed by atoms with Gasteiger partial charge in [-0.05, 0) is 55.8 Å². The highest BCUT2D eigenvalue weighted by Gasteiger charge is 2.20. The number of carbonyl (C=O) groups is 1. The fraction of sp³-hybridized carbons (Fsp3) is 0.167. The molecule has 0 saturated carbocycles. The molecule has 2 aromatic heterocycles. The molecule has 2 N–H and O–H groups in total. The predicted octanol–water partition coefficient (Wildman–Crippen LogP) is 4.43. The Morgan fingerprint density at radius 1 is 1.06 bits per heavy atom. The summed E-state index contributed by atoms with van der Waals surface area (Å²) in [4.78, 5) is 17.6. The number of aryl methyl sites for hydroxylation is 2. The minimum absolute atomic E-state index is 0.212. The van der Waals surface area contributed by atoms with Gasteiger partial charge in [-0.3, -0.25) is 13.9 Å². The molecule has 0 bridgehead atoms. The zero-order valence-electron chi connectivity index (χ0n) is 19.1. The van der Waals surface area contributed by atoms with Crippen molar-refractivity contribution in [2.45, 2.75) is 20.5 Å². The molecule has 0 aliphatic heterocycles. The normalized spacial score (nSPS) is 11.5. The average Bonchev–Trinajstić information content (AvgIpc) is 3.08. The van der Waals surface area contributed by atoms with Crippen molar-refractivity contribution in [2.75, 3.05) is 16.3 Å². The maximum absolute atomic E-state index is 14.0. The fourth-order valence-electron chi connectivity index (χ4n) is 3.62. The molecule has 2 heterocycles. The third-order valence-electron chi connectivity index (χ3n) is 5.07. The third kappa shape index (κ3) is 5.40. The number of anilines is 2. The summed E-state index contributed by atoms with van der Waals surface area (Å²) >= 11 is 0. The number of nitrogens with one attached hydrogen (secondary N) is 2. The second-order valence-corrected chi connectivity index (χ2v) is 9.77. The molecular formula is C24H22F2N4O4S. The highest BCUT2D eigenvalue weighted by Crippen LogP contribution is 2.27. The molecule has 1 amide bonds. The lowest BCUT2D eigenvalue weighted by molar-refractivity contribution is 0.102. The first-order valence-corrected chi connectivity index (χ1v) is 12.3. The second kappa shape index (κ2) is 9.34. The molecule has 0 unspecified atom stereocenters. The van der Waals surface area contributed by atoms with Crippen molar-refractivity contribution in [2.24, 2.45) is 0 Å². The number of aromatic nitrogens is 2. The Balaban J connectivity index is 1.64. The topological polar surface area (TPSA) is 102 Å². The molecule has 2 aromatic carbocycles. The Morgan fingerprint density at radius 2 is 1.71 bits per heavy atom. The van der Waals surface area contributed by atoms with E-state index in [-0.39, 0.29) is 23.6 Å². The van der Waals surface area contributed by atoms with Crippen LogP contribution in [-0.4, -0.2) is 30.0 Å². The van der Waals surface area contributed by atoms with Crippen molar-refractivity contribution in [1.82, 2.24) is 9.38 Å². The minimum atomic E-state index is -3.48. The molecule has 0 fully saturated rings. The summed E-state index contributed by atoms with van der Waals surface area (Å²) in [7, 11) is -3.48. The van der Waals surface area contributed by atoms with Crippen molar-refractivity contribution in [3.05, 3.63) is 88.9 Å². The van der Waals surface area contributed by atoms with E-state index in [1.165, 1.54) is 12.1 Å². The summed E-state index contributed by atoms with van der Waals surface area (Å²) in [6, 6.07) is 11.5. The van der Waals surface area contributed by atoms with Gasteiger partial charge < -0.3 is 10.1 Å². The van der Waals surface area contributed by atoms with Gasteiger partial charge in [0.2, 0.25) is 10.0 Å². The predicted molar refractivity (Wildman–Crippen MR) is 128 cm³/mol. The zero-order valence-corrected chi connectivity index (χ0v) is 19.9. The number of ether oxygens (including phenoxy) is 1. The molecular weight excluding hydrogens is 478 g/mol. The van der Waals surface area contributed by atoms with E-state index in [9.17, 15) is 22.0 Å². The number of sulfonamides is 1. The monoisotopic (exact) mass is 500 g/mol. The van der Waals surface area contributed by atoms with Crippen molar-refractivity contribution in [3.63, 3.8) is 0 Å². The molecule has 0 aliphatic rings. The molecule has 35 heavy (non-hydrogen) atoms. The highest BCUT2D eigenvalue weighted by molar-refractivity contribution is 7.92. The van der Waals surface area contributed by atoms with Gasteiger partial charge >= 0.3 is 0 Å². The van der Waals surface area contributed by atoms with E-state index < -0.39 is 27.6 Å². The van der Waals surface area contributed by atoms with Crippen molar-refractivity contribution >= 4 is 33.0 Å². The molecule has 0 saturated heterocycles. The molecule has 0 spiro atoms. The number of nitrogens with zero attached hydrogens (tertiary/aromatic N) is 2. The number of hydrogen-bond acceptors (Lipinski definition) is 5. The van der Waals surface area contributed by atoms with Crippen molar-refractivity contribution < 1.29 is 26.7 Å². The van der Waals surface area contributed by atoms with Gasteiger partial charge in [0.1, 0.15) is 23.9 Å². The van der Waals surface area contributed by atoms with Gasteiger partial charge in [0, 0.05) is 11.9 Å². The van der Waals surface area contributed by atoms with Crippen LogP contribution in [0.3, 0.4) is 0 Å². The van der Waals surface area contributed by atoms with E-state index in [4.69, 9.17) is 4.74 Å². The lowest BCUT2D eigenvalue weighted by Gasteiger charge is -2.11. The van der Waals surface area contributed by atoms with Crippen LogP contribution in [0.4, 0.5) is 20.2 Å². The average molecular weight is 501 g/mol. The van der Waals surface area contributed by atoms with Gasteiger partial charge in [-0.25, -0.2) is 22.2 Å². The molecule has 182 valence electrons. The fourth-order valence-corrected chi connectivity index (χ4v) is 4.18. The van der Waals surface area contributed by atoms with Gasteiger partial charge in [-0.1, -0.05) is 12.1 Å². The quantitative estimate of drug-likeness (QED) is 0.391. The summed E-state index contributed by atoms with van der Waals surface area (Å²) in [5.74, 6) is -1.67. The van der Waals surface area contributed by atoms with E-state index in [2.05, 4.69) is 15.0 Å². The van der Waals surface area contributed by atoms with Crippen LogP contribution in [0.1, 0.15) is 27.3 Å². The van der Waals surface area contributed by atoms with Crippen LogP contribution in [0.15, 0.2) is 54.7 Å². The van der Waals surface area contributed by atoms with E-state index in [1.54, 1.807) is 48.7 Å². The number of halogens is 2. The van der Waals surface area contributed by atoms with Crippen LogP contribution in [0, 0.1) is 25.5 Å². The van der Waals surface area contributed by atoms with Crippen molar-refractivity contribution in [3.8, 4) is 5.75 Å². The van der Waals surface area contributed by atoms with E-state index in [0.717, 1.165) is 24.0 Å². The summed E-state index contributed by atoms with van der Waals surface area (Å²) in [6.45, 7) is 3.08. The largest absolute Gasteiger partial charge is 0.485 e. The Hall–Kier alpha value is -3.99. The first-order chi connectivity index (χ1) is 16.5. The van der Waals surface area contributed by atoms with Crippen LogP contribution < -0.4 is 14.8 Å². The lowest BCUT2D eigenvalue weighted by Crippen LogP contribution is -2.16. The van der Waals surface area contributed by atoms with Gasteiger partial charge in [-0.15, -0.1) is 0 Å². The summed E-state index contributed by atoms with van der Waals surface area (Å²) < 4.78 is 60.6. The Labute approximate surface area is 200 Å². The highest BCUT2D eigenvalue weighted by atomic mass is 32.2. The maximum atomic E-state index is 14.0. The summed E-state index contributed by atoms with van der Waals surface area (Å²) in [5, 5.41) is 2.74.